The summed E-state index contributed by atoms with van der Waals surface area (Å²) in [6.07, 6.45) is 2.20. The molecule has 14 heavy (non-hydrogen) atoms. The van der Waals surface area contributed by atoms with Crippen molar-refractivity contribution in [3.8, 4) is 5.75 Å². The van der Waals surface area contributed by atoms with Gasteiger partial charge >= 0.3 is 0 Å². The summed E-state index contributed by atoms with van der Waals surface area (Å²) in [5.74, 6) is 0.104. The number of hydrogen-bond acceptors (Lipinski definition) is 3. The van der Waals surface area contributed by atoms with Crippen molar-refractivity contribution in [1.82, 2.24) is 0 Å². The molecule has 0 bridgehead atoms. The SMILES string of the molecule is Nc1cc(Cl)cc(CCCCO)c1O. The quantitative estimate of drug-likeness (QED) is 0.409. The molecule has 0 heterocycles. The van der Waals surface area contributed by atoms with E-state index in [1.807, 2.05) is 0 Å². The van der Waals surface area contributed by atoms with Gasteiger partial charge in [0.05, 0.1) is 5.69 Å². The van der Waals surface area contributed by atoms with Crippen LogP contribution < -0.4 is 5.73 Å². The number of aryl methyl sites for hydroxylation is 1. The van der Waals surface area contributed by atoms with Crippen LogP contribution in [0, 0.1) is 0 Å². The van der Waals surface area contributed by atoms with Gasteiger partial charge in [0.2, 0.25) is 0 Å². The average Bonchev–Trinajstić information content (AvgIpc) is 2.13. The molecule has 78 valence electrons. The highest BCUT2D eigenvalue weighted by molar-refractivity contribution is 6.31. The molecule has 0 spiro atoms. The zero-order chi connectivity index (χ0) is 10.6. The Morgan fingerprint density at radius 3 is 2.64 bits per heavy atom. The maximum atomic E-state index is 9.58. The van der Waals surface area contributed by atoms with Gasteiger partial charge in [-0.15, -0.1) is 0 Å². The lowest BCUT2D eigenvalue weighted by Crippen LogP contribution is -1.93. The van der Waals surface area contributed by atoms with Crippen LogP contribution in [0.5, 0.6) is 5.75 Å². The van der Waals surface area contributed by atoms with Gasteiger partial charge in [-0.25, -0.2) is 0 Å². The highest BCUT2D eigenvalue weighted by Gasteiger charge is 2.06. The average molecular weight is 216 g/mol. The van der Waals surface area contributed by atoms with Crippen LogP contribution in [0.3, 0.4) is 0 Å². The van der Waals surface area contributed by atoms with Crippen LogP contribution in [-0.2, 0) is 6.42 Å². The van der Waals surface area contributed by atoms with E-state index in [-0.39, 0.29) is 12.4 Å². The van der Waals surface area contributed by atoms with Crippen molar-refractivity contribution in [2.75, 3.05) is 12.3 Å². The van der Waals surface area contributed by atoms with Crippen LogP contribution in [0.25, 0.3) is 0 Å². The highest BCUT2D eigenvalue weighted by Crippen LogP contribution is 2.30. The number of aliphatic hydroxyl groups is 1. The first-order valence-electron chi connectivity index (χ1n) is 4.53. The molecule has 0 aliphatic rings. The number of aliphatic hydroxyl groups excluding tert-OH is 1. The minimum atomic E-state index is 0.104. The lowest BCUT2D eigenvalue weighted by Gasteiger charge is -2.07. The van der Waals surface area contributed by atoms with Crippen molar-refractivity contribution >= 4 is 17.3 Å². The van der Waals surface area contributed by atoms with Crippen molar-refractivity contribution in [3.63, 3.8) is 0 Å². The molecule has 0 fully saturated rings. The predicted octanol–water partition coefficient (Wildman–Crippen LogP) is 1.94. The molecule has 0 atom stereocenters. The topological polar surface area (TPSA) is 66.5 Å². The van der Waals surface area contributed by atoms with E-state index < -0.39 is 0 Å². The van der Waals surface area contributed by atoms with Crippen molar-refractivity contribution in [2.45, 2.75) is 19.3 Å². The van der Waals surface area contributed by atoms with E-state index in [0.717, 1.165) is 12.0 Å². The van der Waals surface area contributed by atoms with Crippen molar-refractivity contribution in [1.29, 1.82) is 0 Å². The van der Waals surface area contributed by atoms with Gasteiger partial charge in [-0.05, 0) is 37.0 Å². The molecule has 3 nitrogen and oxygen atoms in total. The molecule has 0 saturated carbocycles. The molecule has 1 rings (SSSR count). The van der Waals surface area contributed by atoms with Crippen LogP contribution in [0.1, 0.15) is 18.4 Å². The molecule has 0 amide bonds. The first-order valence-corrected chi connectivity index (χ1v) is 4.90. The summed E-state index contributed by atoms with van der Waals surface area (Å²) in [5, 5.41) is 18.7. The molecule has 0 saturated heterocycles. The van der Waals surface area contributed by atoms with Gasteiger partial charge in [0, 0.05) is 11.6 Å². The Kier molecular flexibility index (Phi) is 4.04. The molecule has 0 unspecified atom stereocenters. The third kappa shape index (κ3) is 2.79. The fraction of sp³-hybridized carbons (Fsp3) is 0.400. The number of hydrogen-bond donors (Lipinski definition) is 3. The number of nitrogen functional groups attached to an aromatic ring is 1. The Balaban J connectivity index is 2.75. The zero-order valence-electron chi connectivity index (χ0n) is 7.83. The number of halogens is 1. The Morgan fingerprint density at radius 2 is 2.00 bits per heavy atom. The van der Waals surface area contributed by atoms with E-state index in [9.17, 15) is 5.11 Å². The van der Waals surface area contributed by atoms with E-state index in [1.54, 1.807) is 6.07 Å². The second-order valence-electron chi connectivity index (χ2n) is 3.18. The van der Waals surface area contributed by atoms with Crippen LogP contribution in [0.15, 0.2) is 12.1 Å². The summed E-state index contributed by atoms with van der Waals surface area (Å²) in [5.41, 5.74) is 6.58. The van der Waals surface area contributed by atoms with E-state index in [2.05, 4.69) is 0 Å². The van der Waals surface area contributed by atoms with Crippen LogP contribution in [-0.4, -0.2) is 16.8 Å². The summed E-state index contributed by atoms with van der Waals surface area (Å²) in [6, 6.07) is 3.22. The van der Waals surface area contributed by atoms with Crippen LogP contribution in [0.4, 0.5) is 5.69 Å². The highest BCUT2D eigenvalue weighted by atomic mass is 35.5. The van der Waals surface area contributed by atoms with Gasteiger partial charge < -0.3 is 15.9 Å². The van der Waals surface area contributed by atoms with Crippen molar-refractivity contribution in [3.05, 3.63) is 22.7 Å². The molecule has 1 aromatic rings. The second kappa shape index (κ2) is 5.08. The van der Waals surface area contributed by atoms with Crippen LogP contribution >= 0.6 is 11.6 Å². The minimum absolute atomic E-state index is 0.104. The second-order valence-corrected chi connectivity index (χ2v) is 3.62. The number of phenolic OH excluding ortho intramolecular Hbond substituents is 1. The predicted molar refractivity (Wildman–Crippen MR) is 57.6 cm³/mol. The number of rotatable bonds is 4. The molecule has 4 N–H and O–H groups in total. The summed E-state index contributed by atoms with van der Waals surface area (Å²) in [7, 11) is 0. The molecule has 0 aromatic heterocycles. The van der Waals surface area contributed by atoms with Gasteiger partial charge in [-0.3, -0.25) is 0 Å². The minimum Gasteiger partial charge on any atom is -0.506 e. The summed E-state index contributed by atoms with van der Waals surface area (Å²) in [6.45, 7) is 0.164. The smallest absolute Gasteiger partial charge is 0.141 e. The molecule has 0 radical (unpaired) electrons. The lowest BCUT2D eigenvalue weighted by atomic mass is 10.1. The lowest BCUT2D eigenvalue weighted by molar-refractivity contribution is 0.284. The molecule has 0 aliphatic carbocycles. The molecule has 0 aliphatic heterocycles. The van der Waals surface area contributed by atoms with Gasteiger partial charge in [0.1, 0.15) is 5.75 Å². The first-order chi connectivity index (χ1) is 6.65. The first kappa shape index (κ1) is 11.1. The fourth-order valence-corrected chi connectivity index (χ4v) is 1.55. The maximum Gasteiger partial charge on any atom is 0.141 e. The van der Waals surface area contributed by atoms with E-state index in [1.165, 1.54) is 6.07 Å². The molecule has 1 aromatic carbocycles. The molecular weight excluding hydrogens is 202 g/mol. The van der Waals surface area contributed by atoms with E-state index in [0.29, 0.717) is 23.6 Å². The number of unbranched alkanes of at least 4 members (excludes halogenated alkanes) is 1. The van der Waals surface area contributed by atoms with Gasteiger partial charge in [0.25, 0.3) is 0 Å². The molecular formula is C10H14ClNO2. The number of aromatic hydroxyl groups is 1. The third-order valence-corrected chi connectivity index (χ3v) is 2.26. The Labute approximate surface area is 88.1 Å². The van der Waals surface area contributed by atoms with Gasteiger partial charge in [-0.1, -0.05) is 11.6 Å². The summed E-state index contributed by atoms with van der Waals surface area (Å²) < 4.78 is 0. The number of nitrogens with two attached hydrogens (primary N) is 1. The number of benzene rings is 1. The van der Waals surface area contributed by atoms with E-state index in [4.69, 9.17) is 22.4 Å². The summed E-state index contributed by atoms with van der Waals surface area (Å²) >= 11 is 5.79. The van der Waals surface area contributed by atoms with Gasteiger partial charge in [-0.2, -0.15) is 0 Å². The normalized spacial score (nSPS) is 10.4. The maximum absolute atomic E-state index is 9.58. The largest absolute Gasteiger partial charge is 0.506 e. The fourth-order valence-electron chi connectivity index (χ4n) is 1.30. The van der Waals surface area contributed by atoms with Gasteiger partial charge in [0.15, 0.2) is 0 Å². The van der Waals surface area contributed by atoms with E-state index >= 15 is 0 Å². The zero-order valence-corrected chi connectivity index (χ0v) is 8.59. The monoisotopic (exact) mass is 215 g/mol. The Hall–Kier alpha value is -0.930. The van der Waals surface area contributed by atoms with Crippen molar-refractivity contribution < 1.29 is 10.2 Å². The van der Waals surface area contributed by atoms with Crippen LogP contribution in [0.2, 0.25) is 5.02 Å². The number of phenols is 1. The summed E-state index contributed by atoms with van der Waals surface area (Å²) in [4.78, 5) is 0. The Morgan fingerprint density at radius 1 is 1.29 bits per heavy atom. The van der Waals surface area contributed by atoms with Crippen molar-refractivity contribution in [2.24, 2.45) is 0 Å². The number of anilines is 1. The molecule has 4 heteroatoms. The standard InChI is InChI=1S/C10H14ClNO2/c11-8-5-7(3-1-2-4-13)10(14)9(12)6-8/h5-6,13-14H,1-4,12H2. The third-order valence-electron chi connectivity index (χ3n) is 2.04. The Bertz CT molecular complexity index is 315.